The average molecular weight is 815 g/mol. The van der Waals surface area contributed by atoms with E-state index < -0.39 is 11.9 Å². The zero-order chi connectivity index (χ0) is 41.6. The predicted molar refractivity (Wildman–Crippen MR) is 231 cm³/mol. The average Bonchev–Trinajstić information content (AvgIpc) is 3.74. The van der Waals surface area contributed by atoms with Crippen LogP contribution in [0.3, 0.4) is 0 Å². The van der Waals surface area contributed by atoms with Gasteiger partial charge in [0.15, 0.2) is 0 Å². The lowest BCUT2D eigenvalue weighted by atomic mass is 9.91. The summed E-state index contributed by atoms with van der Waals surface area (Å²) in [4.78, 5) is 49.9. The number of nitrogens with one attached hydrogen (secondary N) is 1. The van der Waals surface area contributed by atoms with Gasteiger partial charge in [-0.1, -0.05) is 30.0 Å². The molecule has 1 unspecified atom stereocenters. The van der Waals surface area contributed by atoms with Crippen LogP contribution < -0.4 is 19.7 Å². The van der Waals surface area contributed by atoms with Crippen LogP contribution in [0.4, 0.5) is 5.69 Å². The molecule has 12 nitrogen and oxygen atoms in total. The van der Waals surface area contributed by atoms with Crippen molar-refractivity contribution in [1.29, 1.82) is 0 Å². The van der Waals surface area contributed by atoms with E-state index in [-0.39, 0.29) is 43.2 Å². The number of benzene rings is 3. The van der Waals surface area contributed by atoms with Gasteiger partial charge >= 0.3 is 0 Å². The van der Waals surface area contributed by atoms with Crippen LogP contribution in [0.15, 0.2) is 91.4 Å². The van der Waals surface area contributed by atoms with Gasteiger partial charge in [0.25, 0.3) is 5.91 Å². The Morgan fingerprint density at radius 3 is 2.51 bits per heavy atom. The van der Waals surface area contributed by atoms with Crippen molar-refractivity contribution in [3.63, 3.8) is 0 Å². The number of ether oxygens (including phenoxy) is 3. The molecule has 0 spiro atoms. The highest BCUT2D eigenvalue weighted by atomic mass is 16.5. The maximum Gasteiger partial charge on any atom is 0.255 e. The Morgan fingerprint density at radius 1 is 0.836 bits per heavy atom. The van der Waals surface area contributed by atoms with Crippen LogP contribution >= 0.6 is 0 Å². The summed E-state index contributed by atoms with van der Waals surface area (Å²) in [7, 11) is 2.09. The van der Waals surface area contributed by atoms with E-state index in [0.717, 1.165) is 66.4 Å². The largest absolute Gasteiger partial charge is 0.481 e. The molecule has 12 heteroatoms. The van der Waals surface area contributed by atoms with Gasteiger partial charge in [-0.25, -0.2) is 4.98 Å². The van der Waals surface area contributed by atoms with E-state index in [1.54, 1.807) is 12.1 Å². The molecule has 3 aromatic carbocycles. The Labute approximate surface area is 353 Å². The van der Waals surface area contributed by atoms with Crippen LogP contribution in [0.5, 0.6) is 11.6 Å². The zero-order valence-corrected chi connectivity index (χ0v) is 34.2. The fourth-order valence-corrected chi connectivity index (χ4v) is 9.18. The first-order valence-electron chi connectivity index (χ1n) is 21.1. The number of aryl methyl sites for hydroxylation is 2. The molecular weight excluding hydrogens is 769 g/mol. The second-order valence-electron chi connectivity index (χ2n) is 16.5. The van der Waals surface area contributed by atoms with Gasteiger partial charge in [-0.2, -0.15) is 0 Å². The van der Waals surface area contributed by atoms with Crippen LogP contribution in [0.1, 0.15) is 65.6 Å². The van der Waals surface area contributed by atoms with Crippen LogP contribution in [0.25, 0.3) is 32.9 Å². The molecule has 61 heavy (non-hydrogen) atoms. The summed E-state index contributed by atoms with van der Waals surface area (Å²) >= 11 is 0. The molecule has 3 amide bonds. The van der Waals surface area contributed by atoms with Gasteiger partial charge in [0.05, 0.1) is 17.7 Å². The van der Waals surface area contributed by atoms with Crippen LogP contribution in [-0.4, -0.2) is 81.2 Å². The van der Waals surface area contributed by atoms with Gasteiger partial charge in [-0.3, -0.25) is 24.7 Å². The quantitative estimate of drug-likeness (QED) is 0.123. The minimum Gasteiger partial charge on any atom is -0.481 e. The first-order chi connectivity index (χ1) is 29.7. The number of hydrogen-bond acceptors (Lipinski definition) is 9. The monoisotopic (exact) mass is 814 g/mol. The van der Waals surface area contributed by atoms with Gasteiger partial charge in [-0.15, -0.1) is 0 Å². The summed E-state index contributed by atoms with van der Waals surface area (Å²) in [5.41, 5.74) is 9.18. The number of hydrogen-bond donors (Lipinski definition) is 1. The number of imide groups is 1. The number of piperidine rings is 2. The number of rotatable bonds is 9. The van der Waals surface area contributed by atoms with Crippen molar-refractivity contribution in [2.75, 3.05) is 24.6 Å². The van der Waals surface area contributed by atoms with Crippen molar-refractivity contribution in [2.24, 2.45) is 7.05 Å². The minimum atomic E-state index is -0.646. The van der Waals surface area contributed by atoms with Gasteiger partial charge in [-0.05, 0) is 91.4 Å². The van der Waals surface area contributed by atoms with Crippen LogP contribution in [-0.2, 0) is 27.9 Å². The van der Waals surface area contributed by atoms with E-state index in [1.165, 1.54) is 32.6 Å². The third-order valence-corrected chi connectivity index (χ3v) is 12.6. The Balaban J connectivity index is 0.671. The molecule has 308 valence electrons. The first kappa shape index (κ1) is 38.5. The molecule has 2 saturated heterocycles. The normalized spacial score (nSPS) is 20.3. The highest BCUT2D eigenvalue weighted by Crippen LogP contribution is 2.35. The second-order valence-corrected chi connectivity index (χ2v) is 16.5. The molecule has 6 aromatic rings. The third kappa shape index (κ3) is 7.66. The lowest BCUT2D eigenvalue weighted by Crippen LogP contribution is -2.52. The predicted octanol–water partition coefficient (Wildman–Crippen LogP) is 6.88. The molecule has 3 aliphatic heterocycles. The number of nitrogens with zero attached hydrogens (tertiary/aromatic N) is 5. The summed E-state index contributed by atoms with van der Waals surface area (Å²) in [6.45, 7) is 4.46. The minimum absolute atomic E-state index is 0.109. The second kappa shape index (κ2) is 16.0. The molecule has 10 rings (SSSR count). The van der Waals surface area contributed by atoms with E-state index in [2.05, 4.69) is 93.0 Å². The van der Waals surface area contributed by atoms with Crippen LogP contribution in [0.2, 0.25) is 0 Å². The third-order valence-electron chi connectivity index (χ3n) is 12.6. The highest BCUT2D eigenvalue weighted by Gasteiger charge is 2.39. The number of aromatic nitrogens is 3. The van der Waals surface area contributed by atoms with Crippen molar-refractivity contribution < 1.29 is 28.6 Å². The fraction of sp³-hybridized carbons (Fsp3) is 0.327. The van der Waals surface area contributed by atoms with E-state index >= 15 is 0 Å². The molecule has 1 saturated carbocycles. The molecule has 4 aliphatic rings. The molecule has 3 fully saturated rings. The van der Waals surface area contributed by atoms with Crippen LogP contribution in [0, 0.1) is 18.8 Å². The summed E-state index contributed by atoms with van der Waals surface area (Å²) in [6.07, 6.45) is 10.4. The number of amides is 3. The molecule has 0 bridgehead atoms. The Kier molecular flexibility index (Phi) is 10.1. The van der Waals surface area contributed by atoms with E-state index in [4.69, 9.17) is 14.2 Å². The number of fused-ring (bicyclic) bond motifs is 4. The number of carbonyl (C=O) groups excluding carboxylic acids is 3. The molecular formula is C49H46N6O6. The smallest absolute Gasteiger partial charge is 0.255 e. The van der Waals surface area contributed by atoms with E-state index in [9.17, 15) is 14.4 Å². The Hall–Kier alpha value is -6.71. The lowest BCUT2D eigenvalue weighted by molar-refractivity contribution is -0.136. The molecule has 3 aromatic heterocycles. The van der Waals surface area contributed by atoms with Gasteiger partial charge in [0, 0.05) is 109 Å². The first-order valence-corrected chi connectivity index (χ1v) is 21.1. The van der Waals surface area contributed by atoms with E-state index in [0.29, 0.717) is 30.2 Å². The summed E-state index contributed by atoms with van der Waals surface area (Å²) < 4.78 is 20.9. The number of anilines is 1. The van der Waals surface area contributed by atoms with Gasteiger partial charge < -0.3 is 28.6 Å². The van der Waals surface area contributed by atoms with Crippen molar-refractivity contribution >= 4 is 45.2 Å². The van der Waals surface area contributed by atoms with Crippen molar-refractivity contribution in [1.82, 2.24) is 24.8 Å². The summed E-state index contributed by atoms with van der Waals surface area (Å²) in [5, 5.41) is 4.69. The maximum atomic E-state index is 13.0. The Bertz CT molecular complexity index is 2760. The van der Waals surface area contributed by atoms with Crippen molar-refractivity contribution in [3.05, 3.63) is 114 Å². The molecule has 1 atom stereocenters. The topological polar surface area (TPSA) is 128 Å². The molecule has 0 radical (unpaired) electrons. The molecule has 1 N–H and O–H groups in total. The lowest BCUT2D eigenvalue weighted by Gasteiger charge is -2.40. The van der Waals surface area contributed by atoms with Crippen molar-refractivity contribution in [3.8, 4) is 34.6 Å². The van der Waals surface area contributed by atoms with Gasteiger partial charge in [0.2, 0.25) is 17.7 Å². The number of carbonyl (C=O) groups is 3. The summed E-state index contributed by atoms with van der Waals surface area (Å²) in [6, 6.07) is 23.6. The molecule has 6 heterocycles. The standard InChI is InChI=1S/C49H46N6O6/c1-30-5-6-31(4-3-21-59-36-9-11-39-34(23-36)29-55(49(39)58)43-12-13-46(56)52-48(43)57)22-44(30)54-19-16-35(17-20-54)60-37-25-38(26-37)61-47-14-8-33(27-51-47)32-7-10-40-41-28-50-18-15-42(41)53(2)45(40)24-32/h5-11,14-15,18,22-24,27-28,35,37-38,43H,12-13,16-17,19-21,25-26,29H2,1-2H3,(H,52,56,57). The molecule has 1 aliphatic carbocycles. The number of pyridine rings is 2. The Morgan fingerprint density at radius 2 is 1.69 bits per heavy atom. The summed E-state index contributed by atoms with van der Waals surface area (Å²) in [5.74, 6) is 6.71. The highest BCUT2D eigenvalue weighted by molar-refractivity contribution is 6.08. The van der Waals surface area contributed by atoms with E-state index in [1.807, 2.05) is 36.8 Å². The fourth-order valence-electron chi connectivity index (χ4n) is 9.18. The van der Waals surface area contributed by atoms with Gasteiger partial charge in [0.1, 0.15) is 24.5 Å². The maximum absolute atomic E-state index is 13.0. The zero-order valence-electron chi connectivity index (χ0n) is 34.2. The van der Waals surface area contributed by atoms with Crippen molar-refractivity contribution in [2.45, 2.75) is 76.3 Å². The SMILES string of the molecule is Cc1ccc(C#CCOc2ccc3c(c2)CN(C2CCC(=O)NC2=O)C3=O)cc1N1CCC(OC2CC(Oc3ccc(-c4ccc5c6cnccc6n(C)c5c4)cn3)C2)CC1.